The summed E-state index contributed by atoms with van der Waals surface area (Å²) in [5, 5.41) is 3.50. The summed E-state index contributed by atoms with van der Waals surface area (Å²) in [6, 6.07) is 12.7. The number of anilines is 1. The van der Waals surface area contributed by atoms with Gasteiger partial charge >= 0.3 is 0 Å². The van der Waals surface area contributed by atoms with Crippen molar-refractivity contribution >= 4 is 38.4 Å². The average Bonchev–Trinajstić information content (AvgIpc) is 2.53. The number of nitrogens with one attached hydrogen (secondary N) is 1. The fraction of sp³-hybridized carbons (Fsp3) is 0.158. The normalized spacial score (nSPS) is 10.8. The summed E-state index contributed by atoms with van der Waals surface area (Å²) in [6.45, 7) is 4.18. The Morgan fingerprint density at radius 1 is 1.08 bits per heavy atom. The second kappa shape index (κ2) is 6.61. The van der Waals surface area contributed by atoms with Crippen LogP contribution in [0.5, 0.6) is 0 Å². The molecule has 0 saturated heterocycles. The average molecular weight is 385 g/mol. The van der Waals surface area contributed by atoms with Crippen LogP contribution in [0.1, 0.15) is 11.1 Å². The van der Waals surface area contributed by atoms with Crippen molar-refractivity contribution in [3.05, 3.63) is 74.5 Å². The van der Waals surface area contributed by atoms with Gasteiger partial charge in [-0.05, 0) is 55.3 Å². The Kier molecular flexibility index (Phi) is 4.53. The third kappa shape index (κ3) is 3.41. The van der Waals surface area contributed by atoms with Crippen molar-refractivity contribution in [3.8, 4) is 0 Å². The van der Waals surface area contributed by atoms with Crippen molar-refractivity contribution in [2.75, 3.05) is 5.32 Å². The van der Waals surface area contributed by atoms with E-state index in [-0.39, 0.29) is 17.9 Å². The van der Waals surface area contributed by atoms with Gasteiger partial charge in [-0.2, -0.15) is 0 Å². The van der Waals surface area contributed by atoms with Gasteiger partial charge in [0.15, 0.2) is 5.43 Å². The number of carbonyl (C=O) groups is 1. The van der Waals surface area contributed by atoms with E-state index in [9.17, 15) is 9.59 Å². The zero-order chi connectivity index (χ0) is 17.3. The number of halogens is 1. The lowest BCUT2D eigenvalue weighted by Gasteiger charge is -2.12. The molecule has 5 heteroatoms. The van der Waals surface area contributed by atoms with Crippen LogP contribution >= 0.6 is 15.9 Å². The Morgan fingerprint density at radius 3 is 2.62 bits per heavy atom. The van der Waals surface area contributed by atoms with E-state index in [1.54, 1.807) is 16.8 Å². The Hall–Kier alpha value is -2.40. The summed E-state index contributed by atoms with van der Waals surface area (Å²) in [5.41, 5.74) is 3.76. The molecule has 1 heterocycles. The van der Waals surface area contributed by atoms with Gasteiger partial charge in [0.2, 0.25) is 5.91 Å². The number of pyridine rings is 1. The maximum Gasteiger partial charge on any atom is 0.244 e. The summed E-state index contributed by atoms with van der Waals surface area (Å²) in [7, 11) is 0. The number of hydrogen-bond acceptors (Lipinski definition) is 2. The number of fused-ring (bicyclic) bond motifs is 1. The SMILES string of the molecule is Cc1ccc(NC(=O)Cn2ccc(=O)c3ccc(Br)cc32)cc1C. The zero-order valence-corrected chi connectivity index (χ0v) is 15.1. The second-order valence-corrected chi connectivity index (χ2v) is 6.73. The predicted octanol–water partition coefficient (Wildman–Crippen LogP) is 4.02. The first-order valence-electron chi connectivity index (χ1n) is 7.60. The smallest absolute Gasteiger partial charge is 0.244 e. The van der Waals surface area contributed by atoms with Crippen molar-refractivity contribution in [2.45, 2.75) is 20.4 Å². The van der Waals surface area contributed by atoms with Gasteiger partial charge in [0.25, 0.3) is 0 Å². The van der Waals surface area contributed by atoms with Crippen molar-refractivity contribution in [2.24, 2.45) is 0 Å². The Balaban J connectivity index is 1.88. The molecule has 1 aromatic heterocycles. The summed E-state index contributed by atoms with van der Waals surface area (Å²) in [4.78, 5) is 24.3. The molecule has 0 aliphatic rings. The van der Waals surface area contributed by atoms with Crippen LogP contribution in [0.2, 0.25) is 0 Å². The first-order valence-corrected chi connectivity index (χ1v) is 8.39. The standard InChI is InChI=1S/C19H17BrN2O2/c1-12-3-5-15(9-13(12)2)21-19(24)11-22-8-7-18(23)16-6-4-14(20)10-17(16)22/h3-10H,11H2,1-2H3,(H,21,24). The largest absolute Gasteiger partial charge is 0.338 e. The van der Waals surface area contributed by atoms with Crippen molar-refractivity contribution < 1.29 is 4.79 Å². The van der Waals surface area contributed by atoms with E-state index in [1.165, 1.54) is 11.6 Å². The first-order chi connectivity index (χ1) is 11.4. The van der Waals surface area contributed by atoms with E-state index in [2.05, 4.69) is 21.2 Å². The molecule has 122 valence electrons. The van der Waals surface area contributed by atoms with E-state index >= 15 is 0 Å². The van der Waals surface area contributed by atoms with Crippen LogP contribution in [-0.2, 0) is 11.3 Å². The zero-order valence-electron chi connectivity index (χ0n) is 13.5. The number of benzene rings is 2. The van der Waals surface area contributed by atoms with Gasteiger partial charge in [-0.15, -0.1) is 0 Å². The highest BCUT2D eigenvalue weighted by Crippen LogP contribution is 2.18. The highest BCUT2D eigenvalue weighted by molar-refractivity contribution is 9.10. The molecule has 2 aromatic carbocycles. The molecule has 1 N–H and O–H groups in total. The topological polar surface area (TPSA) is 51.1 Å². The van der Waals surface area contributed by atoms with Gasteiger partial charge in [-0.25, -0.2) is 0 Å². The molecule has 0 bridgehead atoms. The van der Waals surface area contributed by atoms with Gasteiger partial charge in [0.1, 0.15) is 6.54 Å². The summed E-state index contributed by atoms with van der Waals surface area (Å²) < 4.78 is 2.64. The van der Waals surface area contributed by atoms with Gasteiger partial charge in [-0.1, -0.05) is 22.0 Å². The summed E-state index contributed by atoms with van der Waals surface area (Å²) in [6.07, 6.45) is 1.65. The number of rotatable bonds is 3. The quantitative estimate of drug-likeness (QED) is 0.741. The van der Waals surface area contributed by atoms with E-state index < -0.39 is 0 Å². The van der Waals surface area contributed by atoms with Crippen molar-refractivity contribution in [3.63, 3.8) is 0 Å². The maximum atomic E-state index is 12.4. The molecule has 0 aliphatic carbocycles. The molecule has 0 saturated carbocycles. The summed E-state index contributed by atoms with van der Waals surface area (Å²) >= 11 is 3.41. The third-order valence-electron chi connectivity index (χ3n) is 4.05. The van der Waals surface area contributed by atoms with E-state index in [4.69, 9.17) is 0 Å². The summed E-state index contributed by atoms with van der Waals surface area (Å²) in [5.74, 6) is -0.136. The monoisotopic (exact) mass is 384 g/mol. The fourth-order valence-electron chi connectivity index (χ4n) is 2.59. The predicted molar refractivity (Wildman–Crippen MR) is 100 cm³/mol. The fourth-order valence-corrected chi connectivity index (χ4v) is 2.94. The van der Waals surface area contributed by atoms with E-state index in [0.717, 1.165) is 21.2 Å². The second-order valence-electron chi connectivity index (χ2n) is 5.82. The minimum absolute atomic E-state index is 0.0525. The molecule has 4 nitrogen and oxygen atoms in total. The van der Waals surface area contributed by atoms with Crippen LogP contribution in [0.15, 0.2) is 57.9 Å². The van der Waals surface area contributed by atoms with Crippen molar-refractivity contribution in [1.82, 2.24) is 4.57 Å². The minimum atomic E-state index is -0.136. The molecule has 0 unspecified atom stereocenters. The van der Waals surface area contributed by atoms with Gasteiger partial charge < -0.3 is 9.88 Å². The van der Waals surface area contributed by atoms with Gasteiger partial charge in [0.05, 0.1) is 5.52 Å². The number of amides is 1. The van der Waals surface area contributed by atoms with Gasteiger partial charge in [0, 0.05) is 27.8 Å². The van der Waals surface area contributed by atoms with Crippen LogP contribution in [0.25, 0.3) is 10.9 Å². The Morgan fingerprint density at radius 2 is 1.88 bits per heavy atom. The number of carbonyl (C=O) groups excluding carboxylic acids is 1. The highest BCUT2D eigenvalue weighted by atomic mass is 79.9. The molecule has 0 aliphatic heterocycles. The number of nitrogens with zero attached hydrogens (tertiary/aromatic N) is 1. The lowest BCUT2D eigenvalue weighted by molar-refractivity contribution is -0.116. The number of aromatic nitrogens is 1. The molecular formula is C19H17BrN2O2. The lowest BCUT2D eigenvalue weighted by atomic mass is 10.1. The Bertz CT molecular complexity index is 992. The molecule has 3 aromatic rings. The van der Waals surface area contributed by atoms with Crippen molar-refractivity contribution in [1.29, 1.82) is 0 Å². The van der Waals surface area contributed by atoms with E-state index in [1.807, 2.05) is 44.2 Å². The van der Waals surface area contributed by atoms with Crippen LogP contribution in [0.4, 0.5) is 5.69 Å². The third-order valence-corrected chi connectivity index (χ3v) is 4.54. The molecule has 0 radical (unpaired) electrons. The first kappa shape index (κ1) is 16.5. The lowest BCUT2D eigenvalue weighted by Crippen LogP contribution is -2.20. The number of hydrogen-bond donors (Lipinski definition) is 1. The molecule has 0 fully saturated rings. The maximum absolute atomic E-state index is 12.4. The molecule has 3 rings (SSSR count). The molecular weight excluding hydrogens is 368 g/mol. The molecule has 1 amide bonds. The van der Waals surface area contributed by atoms with Crippen LogP contribution in [-0.4, -0.2) is 10.5 Å². The van der Waals surface area contributed by atoms with Crippen LogP contribution < -0.4 is 10.7 Å². The Labute approximate surface area is 148 Å². The van der Waals surface area contributed by atoms with Crippen LogP contribution in [0, 0.1) is 13.8 Å². The highest BCUT2D eigenvalue weighted by Gasteiger charge is 2.08. The van der Waals surface area contributed by atoms with Crippen LogP contribution in [0.3, 0.4) is 0 Å². The minimum Gasteiger partial charge on any atom is -0.338 e. The van der Waals surface area contributed by atoms with Gasteiger partial charge in [-0.3, -0.25) is 9.59 Å². The van der Waals surface area contributed by atoms with E-state index in [0.29, 0.717) is 5.39 Å². The molecule has 0 atom stereocenters. The molecule has 24 heavy (non-hydrogen) atoms. The number of aryl methyl sites for hydroxylation is 2. The molecule has 0 spiro atoms.